The number of piperidine rings is 1. The molecule has 0 aromatic heterocycles. The second kappa shape index (κ2) is 7.39. The molecule has 5 heteroatoms. The molecule has 2 atom stereocenters. The van der Waals surface area contributed by atoms with E-state index in [0.29, 0.717) is 24.9 Å². The molecule has 0 aromatic carbocycles. The topological polar surface area (TPSA) is 53.3 Å². The highest BCUT2D eigenvalue weighted by molar-refractivity contribution is 6.17. The van der Waals surface area contributed by atoms with Gasteiger partial charge in [-0.1, -0.05) is 0 Å². The zero-order chi connectivity index (χ0) is 12.7. The first-order valence-electron chi connectivity index (χ1n) is 6.11. The standard InChI is InChI=1S/C12H19ClN2O2/c1-2-17-12(16)15-7-5-10(4-3-6-13)8-11(15)9-14/h10-11H,2-8H2,1H3. The lowest BCUT2D eigenvalue weighted by atomic mass is 9.88. The fourth-order valence-electron chi connectivity index (χ4n) is 2.21. The zero-order valence-corrected chi connectivity index (χ0v) is 10.9. The minimum atomic E-state index is -0.366. The van der Waals surface area contributed by atoms with E-state index in [-0.39, 0.29) is 12.1 Å². The van der Waals surface area contributed by atoms with E-state index in [4.69, 9.17) is 21.6 Å². The van der Waals surface area contributed by atoms with Gasteiger partial charge < -0.3 is 4.74 Å². The van der Waals surface area contributed by atoms with Gasteiger partial charge in [0.05, 0.1) is 12.7 Å². The van der Waals surface area contributed by atoms with Crippen molar-refractivity contribution in [2.45, 2.75) is 38.6 Å². The molecule has 2 unspecified atom stereocenters. The van der Waals surface area contributed by atoms with Gasteiger partial charge in [-0.15, -0.1) is 11.6 Å². The third-order valence-corrected chi connectivity index (χ3v) is 3.38. The monoisotopic (exact) mass is 258 g/mol. The molecule has 0 aliphatic carbocycles. The smallest absolute Gasteiger partial charge is 0.410 e. The predicted octanol–water partition coefficient (Wildman–Crippen LogP) is 2.77. The molecule has 4 nitrogen and oxygen atoms in total. The number of likely N-dealkylation sites (tertiary alicyclic amines) is 1. The molecule has 1 rings (SSSR count). The van der Waals surface area contributed by atoms with Gasteiger partial charge in [0.2, 0.25) is 0 Å². The molecule has 1 heterocycles. The summed E-state index contributed by atoms with van der Waals surface area (Å²) in [5, 5.41) is 9.10. The number of nitriles is 1. The second-order valence-corrected chi connectivity index (χ2v) is 4.64. The van der Waals surface area contributed by atoms with E-state index in [0.717, 1.165) is 25.7 Å². The van der Waals surface area contributed by atoms with Crippen LogP contribution in [0.5, 0.6) is 0 Å². The Morgan fingerprint density at radius 2 is 2.41 bits per heavy atom. The third-order valence-electron chi connectivity index (χ3n) is 3.11. The van der Waals surface area contributed by atoms with Crippen molar-refractivity contribution >= 4 is 17.7 Å². The predicted molar refractivity (Wildman–Crippen MR) is 65.8 cm³/mol. The van der Waals surface area contributed by atoms with Crippen molar-refractivity contribution in [1.29, 1.82) is 5.26 Å². The van der Waals surface area contributed by atoms with Crippen molar-refractivity contribution in [1.82, 2.24) is 4.90 Å². The van der Waals surface area contributed by atoms with Gasteiger partial charge in [0.15, 0.2) is 0 Å². The lowest BCUT2D eigenvalue weighted by Crippen LogP contribution is -2.45. The highest BCUT2D eigenvalue weighted by Gasteiger charge is 2.32. The van der Waals surface area contributed by atoms with Crippen molar-refractivity contribution in [3.8, 4) is 6.07 Å². The number of hydrogen-bond acceptors (Lipinski definition) is 3. The number of rotatable bonds is 4. The number of nitrogens with zero attached hydrogens (tertiary/aromatic N) is 2. The maximum atomic E-state index is 11.6. The lowest BCUT2D eigenvalue weighted by molar-refractivity contribution is 0.0769. The van der Waals surface area contributed by atoms with Gasteiger partial charge in [-0.05, 0) is 38.5 Å². The number of carbonyl (C=O) groups is 1. The third kappa shape index (κ3) is 4.08. The summed E-state index contributed by atoms with van der Waals surface area (Å²) in [7, 11) is 0. The normalized spacial score (nSPS) is 24.2. The summed E-state index contributed by atoms with van der Waals surface area (Å²) in [6.07, 6.45) is 3.33. The minimum absolute atomic E-state index is 0.344. The van der Waals surface area contributed by atoms with Gasteiger partial charge in [0, 0.05) is 12.4 Å². The number of carbonyl (C=O) groups excluding carboxylic acids is 1. The Kier molecular flexibility index (Phi) is 6.13. The summed E-state index contributed by atoms with van der Waals surface area (Å²) in [5.74, 6) is 1.17. The van der Waals surface area contributed by atoms with Crippen molar-refractivity contribution < 1.29 is 9.53 Å². The van der Waals surface area contributed by atoms with Gasteiger partial charge in [-0.3, -0.25) is 4.90 Å². The van der Waals surface area contributed by atoms with Crippen LogP contribution in [0.3, 0.4) is 0 Å². The molecule has 96 valence electrons. The number of alkyl halides is 1. The van der Waals surface area contributed by atoms with Gasteiger partial charge in [0.1, 0.15) is 6.04 Å². The molecule has 1 amide bonds. The summed E-state index contributed by atoms with van der Waals surface area (Å²) < 4.78 is 4.94. The van der Waals surface area contributed by atoms with Gasteiger partial charge in [-0.2, -0.15) is 5.26 Å². The molecular formula is C12H19ClN2O2. The summed E-state index contributed by atoms with van der Waals surface area (Å²) in [6.45, 7) is 2.74. The number of hydrogen-bond donors (Lipinski definition) is 0. The zero-order valence-electron chi connectivity index (χ0n) is 10.2. The SMILES string of the molecule is CCOC(=O)N1CCC(CCCCl)CC1C#N. The Hall–Kier alpha value is -0.950. The maximum absolute atomic E-state index is 11.6. The van der Waals surface area contributed by atoms with E-state index in [1.54, 1.807) is 11.8 Å². The fourth-order valence-corrected chi connectivity index (χ4v) is 2.37. The quantitative estimate of drug-likeness (QED) is 0.729. The van der Waals surface area contributed by atoms with E-state index in [9.17, 15) is 4.79 Å². The first kappa shape index (κ1) is 14.1. The molecule has 0 N–H and O–H groups in total. The first-order valence-corrected chi connectivity index (χ1v) is 6.65. The molecule has 0 radical (unpaired) electrons. The Balaban J connectivity index is 2.50. The molecule has 0 saturated carbocycles. The fraction of sp³-hybridized carbons (Fsp3) is 0.833. The largest absolute Gasteiger partial charge is 0.450 e. The van der Waals surface area contributed by atoms with Crippen LogP contribution in [0.1, 0.15) is 32.6 Å². The van der Waals surface area contributed by atoms with Gasteiger partial charge in [-0.25, -0.2) is 4.79 Å². The van der Waals surface area contributed by atoms with Crippen LogP contribution in [-0.2, 0) is 4.74 Å². The molecule has 1 aliphatic heterocycles. The van der Waals surface area contributed by atoms with Crippen LogP contribution in [0, 0.1) is 17.2 Å². The molecule has 0 bridgehead atoms. The van der Waals surface area contributed by atoms with Crippen molar-refractivity contribution in [2.24, 2.45) is 5.92 Å². The Morgan fingerprint density at radius 1 is 1.65 bits per heavy atom. The Bertz CT molecular complexity index is 291. The molecule has 0 spiro atoms. The van der Waals surface area contributed by atoms with E-state index >= 15 is 0 Å². The maximum Gasteiger partial charge on any atom is 0.410 e. The number of ether oxygens (including phenoxy) is 1. The van der Waals surface area contributed by atoms with Crippen molar-refractivity contribution in [2.75, 3.05) is 19.0 Å². The summed E-state index contributed by atoms with van der Waals surface area (Å²) >= 11 is 5.66. The van der Waals surface area contributed by atoms with Crippen LogP contribution in [0.15, 0.2) is 0 Å². The molecular weight excluding hydrogens is 240 g/mol. The summed E-state index contributed by atoms with van der Waals surface area (Å²) in [6, 6.07) is 1.85. The molecule has 1 saturated heterocycles. The average molecular weight is 259 g/mol. The van der Waals surface area contributed by atoms with Crippen LogP contribution in [0.25, 0.3) is 0 Å². The molecule has 1 aliphatic rings. The molecule has 17 heavy (non-hydrogen) atoms. The van der Waals surface area contributed by atoms with E-state index < -0.39 is 0 Å². The van der Waals surface area contributed by atoms with Crippen LogP contribution in [-0.4, -0.2) is 36.1 Å². The van der Waals surface area contributed by atoms with Crippen LogP contribution in [0.4, 0.5) is 4.79 Å². The molecule has 0 aromatic rings. The molecule has 1 fully saturated rings. The van der Waals surface area contributed by atoms with Gasteiger partial charge >= 0.3 is 6.09 Å². The van der Waals surface area contributed by atoms with Crippen molar-refractivity contribution in [3.05, 3.63) is 0 Å². The van der Waals surface area contributed by atoms with Crippen molar-refractivity contribution in [3.63, 3.8) is 0 Å². The Labute approximate surface area is 107 Å². The number of halogens is 1. The minimum Gasteiger partial charge on any atom is -0.450 e. The number of amides is 1. The van der Waals surface area contributed by atoms with Crippen LogP contribution >= 0.6 is 11.6 Å². The lowest BCUT2D eigenvalue weighted by Gasteiger charge is -2.35. The van der Waals surface area contributed by atoms with Gasteiger partial charge in [0.25, 0.3) is 0 Å². The summed E-state index contributed by atoms with van der Waals surface area (Å²) in [4.78, 5) is 13.2. The van der Waals surface area contributed by atoms with E-state index in [1.165, 1.54) is 0 Å². The highest BCUT2D eigenvalue weighted by Crippen LogP contribution is 2.26. The first-order chi connectivity index (χ1) is 8.22. The van der Waals surface area contributed by atoms with Crippen LogP contribution < -0.4 is 0 Å². The van der Waals surface area contributed by atoms with E-state index in [1.807, 2.05) is 0 Å². The van der Waals surface area contributed by atoms with E-state index in [2.05, 4.69) is 6.07 Å². The summed E-state index contributed by atoms with van der Waals surface area (Å²) in [5.41, 5.74) is 0. The highest BCUT2D eigenvalue weighted by atomic mass is 35.5. The average Bonchev–Trinajstić information content (AvgIpc) is 2.36. The Morgan fingerprint density at radius 3 is 3.00 bits per heavy atom. The van der Waals surface area contributed by atoms with Crippen LogP contribution in [0.2, 0.25) is 0 Å². The second-order valence-electron chi connectivity index (χ2n) is 4.26.